The average molecular weight is 310 g/mol. The van der Waals surface area contributed by atoms with Crippen LogP contribution in [-0.2, 0) is 0 Å². The minimum atomic E-state index is -4.06. The van der Waals surface area contributed by atoms with E-state index in [1.165, 1.54) is 0 Å². The lowest BCUT2D eigenvalue weighted by Crippen LogP contribution is -2.11. The highest BCUT2D eigenvalue weighted by molar-refractivity contribution is 9.10. The van der Waals surface area contributed by atoms with Crippen molar-refractivity contribution in [1.29, 1.82) is 0 Å². The molecule has 17 heavy (non-hydrogen) atoms. The van der Waals surface area contributed by atoms with Crippen molar-refractivity contribution in [2.75, 3.05) is 11.9 Å². The van der Waals surface area contributed by atoms with E-state index in [-0.39, 0.29) is 6.42 Å². The lowest BCUT2D eigenvalue weighted by molar-refractivity contribution is -0.134. The van der Waals surface area contributed by atoms with Gasteiger partial charge in [-0.15, -0.1) is 0 Å². The van der Waals surface area contributed by atoms with Gasteiger partial charge in [0.15, 0.2) is 0 Å². The Labute approximate surface area is 108 Å². The van der Waals surface area contributed by atoms with Crippen molar-refractivity contribution in [3.05, 3.63) is 27.7 Å². The van der Waals surface area contributed by atoms with E-state index in [4.69, 9.17) is 0 Å². The second kappa shape index (κ2) is 5.76. The van der Waals surface area contributed by atoms with Crippen LogP contribution in [0.5, 0.6) is 0 Å². The largest absolute Gasteiger partial charge is 0.389 e. The fourth-order valence-corrected chi connectivity index (χ4v) is 2.38. The van der Waals surface area contributed by atoms with Gasteiger partial charge in [0.1, 0.15) is 0 Å². The molecule has 0 heterocycles. The Morgan fingerprint density at radius 3 is 2.18 bits per heavy atom. The van der Waals surface area contributed by atoms with Crippen LogP contribution < -0.4 is 5.32 Å². The number of hydrogen-bond acceptors (Lipinski definition) is 1. The zero-order valence-corrected chi connectivity index (χ0v) is 11.4. The summed E-state index contributed by atoms with van der Waals surface area (Å²) < 4.78 is 36.9. The molecule has 0 aliphatic carbocycles. The SMILES string of the molecule is Cc1cc(Br)cc(C)c1NCCCC(F)(F)F. The van der Waals surface area contributed by atoms with Gasteiger partial charge in [-0.3, -0.25) is 0 Å². The third-order valence-electron chi connectivity index (χ3n) is 2.44. The number of anilines is 1. The van der Waals surface area contributed by atoms with Crippen molar-refractivity contribution in [2.45, 2.75) is 32.9 Å². The van der Waals surface area contributed by atoms with Crippen LogP contribution >= 0.6 is 15.9 Å². The van der Waals surface area contributed by atoms with Gasteiger partial charge < -0.3 is 5.32 Å². The Morgan fingerprint density at radius 2 is 1.71 bits per heavy atom. The summed E-state index contributed by atoms with van der Waals surface area (Å²) in [4.78, 5) is 0. The highest BCUT2D eigenvalue weighted by atomic mass is 79.9. The van der Waals surface area contributed by atoms with Crippen LogP contribution in [0.15, 0.2) is 16.6 Å². The number of aryl methyl sites for hydroxylation is 2. The summed E-state index contributed by atoms with van der Waals surface area (Å²) in [6.45, 7) is 4.20. The van der Waals surface area contributed by atoms with Crippen molar-refractivity contribution >= 4 is 21.6 Å². The van der Waals surface area contributed by atoms with E-state index in [0.717, 1.165) is 21.3 Å². The number of alkyl halides is 3. The van der Waals surface area contributed by atoms with Crippen LogP contribution in [0.25, 0.3) is 0 Å². The Morgan fingerprint density at radius 1 is 1.18 bits per heavy atom. The molecule has 1 N–H and O–H groups in total. The maximum absolute atomic E-state index is 12.0. The third-order valence-corrected chi connectivity index (χ3v) is 2.89. The first kappa shape index (κ1) is 14.4. The second-order valence-corrected chi connectivity index (χ2v) is 4.98. The fourth-order valence-electron chi connectivity index (χ4n) is 1.69. The van der Waals surface area contributed by atoms with Crippen LogP contribution in [0.3, 0.4) is 0 Å². The molecule has 1 aromatic carbocycles. The van der Waals surface area contributed by atoms with Crippen LogP contribution in [-0.4, -0.2) is 12.7 Å². The van der Waals surface area contributed by atoms with Gasteiger partial charge in [-0.2, -0.15) is 13.2 Å². The number of hydrogen-bond donors (Lipinski definition) is 1. The lowest BCUT2D eigenvalue weighted by Gasteiger charge is -2.13. The molecule has 0 aromatic heterocycles. The number of benzene rings is 1. The van der Waals surface area contributed by atoms with Gasteiger partial charge in [0.25, 0.3) is 0 Å². The molecule has 0 saturated heterocycles. The molecule has 0 amide bonds. The van der Waals surface area contributed by atoms with E-state index >= 15 is 0 Å². The first-order valence-electron chi connectivity index (χ1n) is 5.37. The molecular weight excluding hydrogens is 295 g/mol. The lowest BCUT2D eigenvalue weighted by atomic mass is 10.1. The molecule has 0 unspecified atom stereocenters. The molecule has 0 fully saturated rings. The van der Waals surface area contributed by atoms with Gasteiger partial charge in [0.2, 0.25) is 0 Å². The molecule has 0 atom stereocenters. The summed E-state index contributed by atoms with van der Waals surface area (Å²) in [6.07, 6.45) is -4.71. The Balaban J connectivity index is 2.53. The number of halogens is 4. The van der Waals surface area contributed by atoms with Crippen LogP contribution in [0.4, 0.5) is 18.9 Å². The molecule has 0 aliphatic rings. The predicted octanol–water partition coefficient (Wildman–Crippen LogP) is 4.82. The average Bonchev–Trinajstić information content (AvgIpc) is 2.13. The molecule has 1 nitrogen and oxygen atoms in total. The van der Waals surface area contributed by atoms with Crippen LogP contribution in [0.1, 0.15) is 24.0 Å². The standard InChI is InChI=1S/C12H15BrF3N/c1-8-6-10(13)7-9(2)11(8)17-5-3-4-12(14,15)16/h6-7,17H,3-5H2,1-2H3. The molecule has 0 aliphatic heterocycles. The van der Waals surface area contributed by atoms with E-state index in [2.05, 4.69) is 21.2 Å². The highest BCUT2D eigenvalue weighted by Crippen LogP contribution is 2.26. The van der Waals surface area contributed by atoms with E-state index in [1.54, 1.807) is 0 Å². The molecule has 96 valence electrons. The quantitative estimate of drug-likeness (QED) is 0.786. The van der Waals surface area contributed by atoms with Crippen molar-refractivity contribution in [3.63, 3.8) is 0 Å². The summed E-state index contributed by atoms with van der Waals surface area (Å²) in [7, 11) is 0. The monoisotopic (exact) mass is 309 g/mol. The van der Waals surface area contributed by atoms with Gasteiger partial charge in [-0.05, 0) is 43.5 Å². The van der Waals surface area contributed by atoms with Gasteiger partial charge in [0.05, 0.1) is 0 Å². The highest BCUT2D eigenvalue weighted by Gasteiger charge is 2.25. The normalized spacial score (nSPS) is 11.6. The molecule has 1 aromatic rings. The smallest absolute Gasteiger partial charge is 0.385 e. The van der Waals surface area contributed by atoms with Crippen molar-refractivity contribution in [1.82, 2.24) is 0 Å². The van der Waals surface area contributed by atoms with E-state index in [0.29, 0.717) is 6.54 Å². The predicted molar refractivity (Wildman–Crippen MR) is 67.4 cm³/mol. The molecule has 0 radical (unpaired) electrons. The zero-order valence-electron chi connectivity index (χ0n) is 9.79. The van der Waals surface area contributed by atoms with Crippen molar-refractivity contribution < 1.29 is 13.2 Å². The van der Waals surface area contributed by atoms with Gasteiger partial charge in [-0.1, -0.05) is 15.9 Å². The molecular formula is C12H15BrF3N. The van der Waals surface area contributed by atoms with Crippen LogP contribution in [0, 0.1) is 13.8 Å². The molecule has 0 bridgehead atoms. The van der Waals surface area contributed by atoms with Gasteiger partial charge in [0, 0.05) is 23.1 Å². The fraction of sp³-hybridized carbons (Fsp3) is 0.500. The first-order valence-corrected chi connectivity index (χ1v) is 6.16. The summed E-state index contributed by atoms with van der Waals surface area (Å²) in [5, 5.41) is 3.06. The first-order chi connectivity index (χ1) is 7.79. The summed E-state index contributed by atoms with van der Waals surface area (Å²) in [5.41, 5.74) is 2.99. The minimum absolute atomic E-state index is 0.0957. The van der Waals surface area contributed by atoms with Gasteiger partial charge >= 0.3 is 6.18 Å². The summed E-state index contributed by atoms with van der Waals surface area (Å²) >= 11 is 3.38. The minimum Gasteiger partial charge on any atom is -0.385 e. The van der Waals surface area contributed by atoms with E-state index < -0.39 is 12.6 Å². The van der Waals surface area contributed by atoms with Gasteiger partial charge in [-0.25, -0.2) is 0 Å². The molecule has 0 saturated carbocycles. The Hall–Kier alpha value is -0.710. The third kappa shape index (κ3) is 4.98. The van der Waals surface area contributed by atoms with Crippen LogP contribution in [0.2, 0.25) is 0 Å². The van der Waals surface area contributed by atoms with Crippen molar-refractivity contribution in [3.8, 4) is 0 Å². The second-order valence-electron chi connectivity index (χ2n) is 4.06. The zero-order chi connectivity index (χ0) is 13.1. The number of rotatable bonds is 4. The molecule has 0 spiro atoms. The van der Waals surface area contributed by atoms with E-state index in [1.807, 2.05) is 26.0 Å². The van der Waals surface area contributed by atoms with Crippen molar-refractivity contribution in [2.24, 2.45) is 0 Å². The molecule has 5 heteroatoms. The molecule has 1 rings (SSSR count). The Kier molecular flexibility index (Phi) is 4.86. The summed E-state index contributed by atoms with van der Waals surface area (Å²) in [6, 6.07) is 3.89. The maximum Gasteiger partial charge on any atom is 0.389 e. The summed E-state index contributed by atoms with van der Waals surface area (Å²) in [5.74, 6) is 0. The topological polar surface area (TPSA) is 12.0 Å². The maximum atomic E-state index is 12.0. The van der Waals surface area contributed by atoms with E-state index in [9.17, 15) is 13.2 Å². The number of nitrogens with one attached hydrogen (secondary N) is 1. The Bertz CT molecular complexity index is 365.